The Balaban J connectivity index is 1.69. The monoisotopic (exact) mass is 587 g/mol. The maximum absolute atomic E-state index is 13.8. The second-order valence-electron chi connectivity index (χ2n) is 8.76. The smallest absolute Gasteiger partial charge is 0.288 e. The van der Waals surface area contributed by atoms with Crippen molar-refractivity contribution in [1.29, 1.82) is 0 Å². The summed E-state index contributed by atoms with van der Waals surface area (Å²) in [5.74, 6) is -0.498. The standard InChI is InChI=1S/C28H16ClF6N5O/c29-22-8-2-1-6-19(22)26(41)20-7-4-12-37-23(20)24-25(16-5-3-11-36-14-16)40(39-38-24)15-17-13-18(27(30,31)32)9-10-21(17)28(33,34)35/h1-14H,15H2. The van der Waals surface area contributed by atoms with Gasteiger partial charge in [-0.15, -0.1) is 5.10 Å². The summed E-state index contributed by atoms with van der Waals surface area (Å²) in [4.78, 5) is 21.8. The van der Waals surface area contributed by atoms with Crippen molar-refractivity contribution < 1.29 is 31.1 Å². The molecule has 5 rings (SSSR count). The Morgan fingerprint density at radius 2 is 1.56 bits per heavy atom. The van der Waals surface area contributed by atoms with Gasteiger partial charge in [-0.05, 0) is 60.2 Å². The van der Waals surface area contributed by atoms with E-state index in [9.17, 15) is 31.1 Å². The van der Waals surface area contributed by atoms with Gasteiger partial charge in [0.05, 0.1) is 28.3 Å². The first-order chi connectivity index (χ1) is 19.4. The van der Waals surface area contributed by atoms with Crippen molar-refractivity contribution in [1.82, 2.24) is 25.0 Å². The van der Waals surface area contributed by atoms with Crippen LogP contribution in [-0.4, -0.2) is 30.7 Å². The number of aromatic nitrogens is 5. The van der Waals surface area contributed by atoms with E-state index in [2.05, 4.69) is 20.3 Å². The minimum Gasteiger partial charge on any atom is -0.288 e. The third kappa shape index (κ3) is 5.68. The largest absolute Gasteiger partial charge is 0.416 e. The zero-order valence-electron chi connectivity index (χ0n) is 20.6. The van der Waals surface area contributed by atoms with E-state index in [4.69, 9.17) is 11.6 Å². The number of carbonyl (C=O) groups is 1. The number of alkyl halides is 6. The van der Waals surface area contributed by atoms with Gasteiger partial charge in [-0.2, -0.15) is 26.3 Å². The average Bonchev–Trinajstić information content (AvgIpc) is 3.35. The maximum atomic E-state index is 13.8. The zero-order chi connectivity index (χ0) is 29.4. The second-order valence-corrected chi connectivity index (χ2v) is 9.17. The van der Waals surface area contributed by atoms with Crippen molar-refractivity contribution in [3.63, 3.8) is 0 Å². The molecule has 0 amide bonds. The van der Waals surface area contributed by atoms with Crippen molar-refractivity contribution in [3.05, 3.63) is 118 Å². The normalized spacial score (nSPS) is 12.0. The quantitative estimate of drug-likeness (QED) is 0.153. The van der Waals surface area contributed by atoms with Gasteiger partial charge >= 0.3 is 12.4 Å². The fraction of sp³-hybridized carbons (Fsp3) is 0.107. The van der Waals surface area contributed by atoms with Crippen molar-refractivity contribution >= 4 is 17.4 Å². The first kappa shape index (κ1) is 28.0. The van der Waals surface area contributed by atoms with Crippen molar-refractivity contribution in [2.45, 2.75) is 18.9 Å². The molecule has 0 aliphatic carbocycles. The molecule has 0 aliphatic rings. The molecule has 0 saturated heterocycles. The van der Waals surface area contributed by atoms with Crippen LogP contribution in [0.3, 0.4) is 0 Å². The van der Waals surface area contributed by atoms with Crippen LogP contribution in [0.15, 0.2) is 85.3 Å². The number of pyridine rings is 2. The van der Waals surface area contributed by atoms with Crippen molar-refractivity contribution in [2.24, 2.45) is 0 Å². The molecular weight excluding hydrogens is 572 g/mol. The van der Waals surface area contributed by atoms with Crippen molar-refractivity contribution in [2.75, 3.05) is 0 Å². The highest BCUT2D eigenvalue weighted by Gasteiger charge is 2.37. The SMILES string of the molecule is O=C(c1ccccc1Cl)c1cccnc1-c1nnn(Cc2cc(C(F)(F)F)ccc2C(F)(F)F)c1-c1cccnc1. The highest BCUT2D eigenvalue weighted by atomic mass is 35.5. The minimum absolute atomic E-state index is 0.00883. The van der Waals surface area contributed by atoms with Crippen LogP contribution in [-0.2, 0) is 18.9 Å². The molecular formula is C28H16ClF6N5O. The van der Waals surface area contributed by atoms with Gasteiger partial charge in [0, 0.05) is 29.7 Å². The van der Waals surface area contributed by atoms with Crippen LogP contribution in [0.25, 0.3) is 22.6 Å². The minimum atomic E-state index is -4.94. The third-order valence-electron chi connectivity index (χ3n) is 6.12. The van der Waals surface area contributed by atoms with E-state index in [1.54, 1.807) is 24.3 Å². The molecule has 41 heavy (non-hydrogen) atoms. The Labute approximate surface area is 233 Å². The van der Waals surface area contributed by atoms with Crippen LogP contribution < -0.4 is 0 Å². The van der Waals surface area contributed by atoms with Gasteiger partial charge in [0.2, 0.25) is 0 Å². The molecule has 0 radical (unpaired) electrons. The number of benzene rings is 2. The lowest BCUT2D eigenvalue weighted by molar-refractivity contribution is -0.141. The maximum Gasteiger partial charge on any atom is 0.416 e. The number of rotatable bonds is 6. The van der Waals surface area contributed by atoms with Crippen LogP contribution in [0.1, 0.15) is 32.6 Å². The molecule has 2 aromatic carbocycles. The van der Waals surface area contributed by atoms with Gasteiger partial charge in [0.25, 0.3) is 0 Å². The number of ketones is 1. The molecule has 3 aromatic heterocycles. The van der Waals surface area contributed by atoms with E-state index in [0.717, 1.165) is 4.68 Å². The summed E-state index contributed by atoms with van der Waals surface area (Å²) in [7, 11) is 0. The molecule has 13 heteroatoms. The summed E-state index contributed by atoms with van der Waals surface area (Å²) >= 11 is 6.23. The first-order valence-electron chi connectivity index (χ1n) is 11.8. The summed E-state index contributed by atoms with van der Waals surface area (Å²) < 4.78 is 82.7. The Morgan fingerprint density at radius 1 is 0.829 bits per heavy atom. The molecule has 208 valence electrons. The number of halogens is 7. The summed E-state index contributed by atoms with van der Waals surface area (Å²) in [6.07, 6.45) is -5.58. The predicted octanol–water partition coefficient (Wildman–Crippen LogP) is 7.37. The average molecular weight is 588 g/mol. The van der Waals surface area contributed by atoms with E-state index < -0.39 is 41.4 Å². The molecule has 0 spiro atoms. The topological polar surface area (TPSA) is 73.6 Å². The van der Waals surface area contributed by atoms with E-state index in [-0.39, 0.29) is 33.2 Å². The Morgan fingerprint density at radius 3 is 2.24 bits per heavy atom. The van der Waals surface area contributed by atoms with E-state index >= 15 is 0 Å². The Kier molecular flexibility index (Phi) is 7.35. The van der Waals surface area contributed by atoms with Crippen LogP contribution in [0, 0.1) is 0 Å². The molecule has 0 N–H and O–H groups in total. The molecule has 0 atom stereocenters. The number of carbonyl (C=O) groups excluding carboxylic acids is 1. The summed E-state index contributed by atoms with van der Waals surface area (Å²) in [6.45, 7) is -0.726. The predicted molar refractivity (Wildman–Crippen MR) is 137 cm³/mol. The number of nitrogens with zero attached hydrogens (tertiary/aromatic N) is 5. The van der Waals surface area contributed by atoms with Gasteiger partial charge < -0.3 is 0 Å². The Hall–Kier alpha value is -4.58. The summed E-state index contributed by atoms with van der Waals surface area (Å²) in [5.41, 5.74) is -2.46. The van der Waals surface area contributed by atoms with Crippen LogP contribution in [0.2, 0.25) is 5.02 Å². The lowest BCUT2D eigenvalue weighted by Crippen LogP contribution is -2.15. The lowest BCUT2D eigenvalue weighted by atomic mass is 9.98. The zero-order valence-corrected chi connectivity index (χ0v) is 21.3. The molecule has 5 aromatic rings. The fourth-order valence-corrected chi connectivity index (χ4v) is 4.50. The van der Waals surface area contributed by atoms with Crippen LogP contribution >= 0.6 is 11.6 Å². The molecule has 0 saturated carbocycles. The van der Waals surface area contributed by atoms with Gasteiger partial charge in [0.15, 0.2) is 5.78 Å². The summed E-state index contributed by atoms with van der Waals surface area (Å²) in [5, 5.41) is 8.29. The van der Waals surface area contributed by atoms with E-state index in [1.807, 2.05) is 0 Å². The highest BCUT2D eigenvalue weighted by molar-refractivity contribution is 6.35. The first-order valence-corrected chi connectivity index (χ1v) is 12.2. The van der Waals surface area contributed by atoms with Gasteiger partial charge in [0.1, 0.15) is 17.1 Å². The molecule has 0 bridgehead atoms. The molecule has 0 unspecified atom stereocenters. The van der Waals surface area contributed by atoms with Crippen LogP contribution in [0.4, 0.5) is 26.3 Å². The van der Waals surface area contributed by atoms with Gasteiger partial charge in [-0.25, -0.2) is 4.68 Å². The third-order valence-corrected chi connectivity index (χ3v) is 6.45. The Bertz CT molecular complexity index is 1730. The van der Waals surface area contributed by atoms with E-state index in [1.165, 1.54) is 42.9 Å². The molecule has 3 heterocycles. The lowest BCUT2D eigenvalue weighted by Gasteiger charge is -2.17. The number of hydrogen-bond acceptors (Lipinski definition) is 5. The van der Waals surface area contributed by atoms with Crippen LogP contribution in [0.5, 0.6) is 0 Å². The molecule has 0 fully saturated rings. The van der Waals surface area contributed by atoms with Crippen molar-refractivity contribution in [3.8, 4) is 22.6 Å². The molecule has 0 aliphatic heterocycles. The van der Waals surface area contributed by atoms with Gasteiger partial charge in [-0.3, -0.25) is 14.8 Å². The van der Waals surface area contributed by atoms with Gasteiger partial charge in [-0.1, -0.05) is 28.9 Å². The highest BCUT2D eigenvalue weighted by Crippen LogP contribution is 2.38. The van der Waals surface area contributed by atoms with E-state index in [0.29, 0.717) is 23.8 Å². The fourth-order valence-electron chi connectivity index (χ4n) is 4.28. The number of hydrogen-bond donors (Lipinski definition) is 0. The molecule has 6 nitrogen and oxygen atoms in total. The summed E-state index contributed by atoms with van der Waals surface area (Å²) in [6, 6.07) is 13.6. The second kappa shape index (κ2) is 10.8.